The molecule has 0 aromatic rings. The Morgan fingerprint density at radius 3 is 1.55 bits per heavy atom. The molecule has 0 heterocycles. The molecule has 4 N–H and O–H groups in total. The van der Waals surface area contributed by atoms with Crippen molar-refractivity contribution < 1.29 is 5.11 Å². The number of aliphatic hydroxyl groups excluding tert-OH is 1. The van der Waals surface area contributed by atoms with Crippen molar-refractivity contribution in [3.8, 4) is 0 Å². The summed E-state index contributed by atoms with van der Waals surface area (Å²) < 4.78 is 0. The van der Waals surface area contributed by atoms with E-state index in [0.717, 1.165) is 26.7 Å². The van der Waals surface area contributed by atoms with E-state index in [1.54, 1.807) is 6.04 Å². The van der Waals surface area contributed by atoms with Gasteiger partial charge in [-0.2, -0.15) is 0 Å². The molecule has 0 fully saturated rings. The molecule has 3 nitrogen and oxygen atoms in total. The fourth-order valence-electron chi connectivity index (χ4n) is 1.26. The summed E-state index contributed by atoms with van der Waals surface area (Å²) in [6.45, 7) is 14.0. The minimum Gasteiger partial charge on any atom is -0.400 e. The van der Waals surface area contributed by atoms with Crippen LogP contribution in [0.15, 0.2) is 0 Å². The normalized spacial score (nSPS) is 9.00. The Kier molecular flexibility index (Phi) is 60.4. The molecule has 4 heteroatoms. The van der Waals surface area contributed by atoms with E-state index >= 15 is 0 Å². The molecule has 0 aliphatic carbocycles. The van der Waals surface area contributed by atoms with Crippen molar-refractivity contribution in [3.05, 3.63) is 0 Å². The van der Waals surface area contributed by atoms with Crippen LogP contribution in [-0.2, 0) is 0 Å². The molecule has 0 aromatic carbocycles. The van der Waals surface area contributed by atoms with Crippen LogP contribution in [0.25, 0.3) is 0 Å². The third-order valence-corrected chi connectivity index (χ3v) is 3.62. The van der Waals surface area contributed by atoms with E-state index in [2.05, 4.69) is 39.6 Å². The molecular weight excluding hydrogens is 264 g/mol. The van der Waals surface area contributed by atoms with Crippen molar-refractivity contribution in [1.29, 1.82) is 0 Å². The lowest BCUT2D eigenvalue weighted by Crippen LogP contribution is -2.22. The Balaban J connectivity index is -0.0000000913. The minimum absolute atomic E-state index is 0.403. The summed E-state index contributed by atoms with van der Waals surface area (Å²) in [7, 11) is 1.40. The second-order valence-electron chi connectivity index (χ2n) is 4.60. The van der Waals surface area contributed by atoms with Crippen LogP contribution in [0.3, 0.4) is 0 Å². The average Bonchev–Trinajstić information content (AvgIpc) is 2.50. The van der Waals surface area contributed by atoms with Gasteiger partial charge in [0, 0.05) is 29.7 Å². The van der Waals surface area contributed by atoms with Crippen molar-refractivity contribution in [2.24, 2.45) is 5.73 Å². The molecule has 0 aliphatic heterocycles. The fourth-order valence-corrected chi connectivity index (χ4v) is 2.26. The van der Waals surface area contributed by atoms with Crippen LogP contribution in [0.1, 0.15) is 66.2 Å². The molecule has 0 radical (unpaired) electrons. The maximum absolute atomic E-state index is 7.00. The van der Waals surface area contributed by atoms with Gasteiger partial charge < -0.3 is 16.2 Å². The number of nitrogens with one attached hydrogen (secondary N) is 1. The summed E-state index contributed by atoms with van der Waals surface area (Å²) in [6, 6.07) is 1.55. The van der Waals surface area contributed by atoms with E-state index in [0.29, 0.717) is 9.52 Å². The second-order valence-corrected chi connectivity index (χ2v) is 6.31. The fraction of sp³-hybridized carbons (Fsp3) is 1.00. The molecule has 0 aromatic heterocycles. The van der Waals surface area contributed by atoms with E-state index < -0.39 is 0 Å². The average molecular weight is 309 g/mol. The van der Waals surface area contributed by atoms with Gasteiger partial charge in [-0.15, -0.1) is 0 Å². The summed E-state index contributed by atoms with van der Waals surface area (Å²) in [5, 5.41) is 10.2. The predicted molar refractivity (Wildman–Crippen MR) is 99.7 cm³/mol. The Hall–Kier alpha value is 0.0969. The lowest BCUT2D eigenvalue weighted by molar-refractivity contribution is 0.399. The molecule has 0 atom stereocenters. The summed E-state index contributed by atoms with van der Waals surface area (Å²) in [6.07, 6.45) is 8.14. The molecule has 0 saturated carbocycles. The predicted octanol–water partition coefficient (Wildman–Crippen LogP) is 3.17. The van der Waals surface area contributed by atoms with Gasteiger partial charge in [-0.3, -0.25) is 0 Å². The van der Waals surface area contributed by atoms with Gasteiger partial charge in [0.1, 0.15) is 0 Å². The van der Waals surface area contributed by atoms with Gasteiger partial charge in [-0.25, -0.2) is 0 Å². The van der Waals surface area contributed by atoms with Crippen LogP contribution in [0.5, 0.6) is 0 Å². The Morgan fingerprint density at radius 1 is 0.850 bits per heavy atom. The standard InChI is InChI=1S/C5H14N2.C5H14Si.C5H12.CH4O/c1-2-4-7-5-3-6;1-3-4-5-6-2;1-3-5-4-2;1-2/h7H,2-6H2,1H3;3-6H2,1-2H3;3-5H2,1-2H3;2H,1H3. The first-order valence-corrected chi connectivity index (χ1v) is 11.0. The van der Waals surface area contributed by atoms with E-state index in [1.807, 2.05) is 0 Å². The minimum atomic E-state index is 0.403. The third-order valence-electron chi connectivity index (χ3n) is 2.41. The lowest BCUT2D eigenvalue weighted by Gasteiger charge is -1.95. The summed E-state index contributed by atoms with van der Waals surface area (Å²) >= 11 is 0. The Bertz CT molecular complexity index is 96.5. The van der Waals surface area contributed by atoms with Gasteiger partial charge >= 0.3 is 0 Å². The van der Waals surface area contributed by atoms with Crippen LogP contribution < -0.4 is 11.1 Å². The molecule has 0 spiro atoms. The van der Waals surface area contributed by atoms with E-state index in [9.17, 15) is 0 Å². The Morgan fingerprint density at radius 2 is 1.35 bits per heavy atom. The molecule has 0 amide bonds. The smallest absolute Gasteiger partial charge is 0.0319 e. The molecular formula is C16H44N2OSi. The van der Waals surface area contributed by atoms with Gasteiger partial charge in [0.2, 0.25) is 0 Å². The highest BCUT2D eigenvalue weighted by Gasteiger charge is 1.77. The maximum Gasteiger partial charge on any atom is 0.0319 e. The topological polar surface area (TPSA) is 58.3 Å². The van der Waals surface area contributed by atoms with Crippen molar-refractivity contribution in [3.63, 3.8) is 0 Å². The molecule has 0 unspecified atom stereocenters. The van der Waals surface area contributed by atoms with Crippen molar-refractivity contribution in [2.45, 2.75) is 78.8 Å². The van der Waals surface area contributed by atoms with Crippen LogP contribution in [0, 0.1) is 0 Å². The molecule has 20 heavy (non-hydrogen) atoms. The van der Waals surface area contributed by atoms with Crippen LogP contribution in [-0.4, -0.2) is 41.4 Å². The number of hydrogen-bond donors (Lipinski definition) is 3. The van der Waals surface area contributed by atoms with E-state index in [1.165, 1.54) is 38.5 Å². The molecule has 0 saturated heterocycles. The van der Waals surface area contributed by atoms with Crippen LogP contribution >= 0.6 is 0 Å². The molecule has 0 aliphatic rings. The van der Waals surface area contributed by atoms with Gasteiger partial charge in [0.05, 0.1) is 0 Å². The van der Waals surface area contributed by atoms with Gasteiger partial charge in [0.15, 0.2) is 0 Å². The second kappa shape index (κ2) is 42.7. The first-order valence-electron chi connectivity index (χ1n) is 8.60. The zero-order valence-electron chi connectivity index (χ0n) is 15.3. The SMILES string of the molecule is CCCCC.CCCC[SiH2]C.CCCNCCN.CO. The highest BCUT2D eigenvalue weighted by Crippen LogP contribution is 1.90. The van der Waals surface area contributed by atoms with Crippen molar-refractivity contribution in [1.82, 2.24) is 5.32 Å². The highest BCUT2D eigenvalue weighted by molar-refractivity contribution is 6.33. The number of nitrogens with two attached hydrogens (primary N) is 1. The third kappa shape index (κ3) is 63.9. The number of hydrogen-bond acceptors (Lipinski definition) is 3. The summed E-state index contributed by atoms with van der Waals surface area (Å²) in [4.78, 5) is 0. The van der Waals surface area contributed by atoms with Gasteiger partial charge in [0.25, 0.3) is 0 Å². The van der Waals surface area contributed by atoms with E-state index in [-0.39, 0.29) is 0 Å². The number of aliphatic hydroxyl groups is 1. The summed E-state index contributed by atoms with van der Waals surface area (Å²) in [5.41, 5.74) is 5.21. The highest BCUT2D eigenvalue weighted by atomic mass is 28.2. The quantitative estimate of drug-likeness (QED) is 0.453. The lowest BCUT2D eigenvalue weighted by atomic mass is 10.3. The molecule has 0 rings (SSSR count). The molecule has 128 valence electrons. The first kappa shape index (κ1) is 28.3. The number of rotatable bonds is 9. The maximum atomic E-state index is 7.00. The van der Waals surface area contributed by atoms with E-state index in [4.69, 9.17) is 10.8 Å². The van der Waals surface area contributed by atoms with Crippen LogP contribution in [0.4, 0.5) is 0 Å². The summed E-state index contributed by atoms with van der Waals surface area (Å²) in [5.74, 6) is 0. The van der Waals surface area contributed by atoms with Crippen molar-refractivity contribution in [2.75, 3.05) is 26.7 Å². The van der Waals surface area contributed by atoms with Gasteiger partial charge in [-0.05, 0) is 13.0 Å². The zero-order chi connectivity index (χ0) is 16.5. The zero-order valence-corrected chi connectivity index (χ0v) is 16.7. The monoisotopic (exact) mass is 308 g/mol. The Labute approximate surface area is 131 Å². The largest absolute Gasteiger partial charge is 0.400 e. The van der Waals surface area contributed by atoms with Crippen molar-refractivity contribution >= 4 is 9.52 Å². The molecule has 0 bridgehead atoms. The first-order chi connectivity index (χ1) is 9.74. The number of unbranched alkanes of at least 4 members (excludes halogenated alkanes) is 3. The van der Waals surface area contributed by atoms with Gasteiger partial charge in [-0.1, -0.05) is 72.4 Å². The van der Waals surface area contributed by atoms with Crippen LogP contribution in [0.2, 0.25) is 12.6 Å².